The molecule has 1 heteroatoms. The zero-order valence-electron chi connectivity index (χ0n) is 15.9. The molecular formula is C21H45N. The Labute approximate surface area is 142 Å². The predicted molar refractivity (Wildman–Crippen MR) is 103 cm³/mol. The minimum absolute atomic E-state index is 1.23. The van der Waals surface area contributed by atoms with Gasteiger partial charge in [-0.05, 0) is 25.9 Å². The van der Waals surface area contributed by atoms with Crippen molar-refractivity contribution in [1.82, 2.24) is 5.32 Å². The van der Waals surface area contributed by atoms with Gasteiger partial charge in [0.05, 0.1) is 0 Å². The van der Waals surface area contributed by atoms with Gasteiger partial charge in [-0.2, -0.15) is 0 Å². The highest BCUT2D eigenvalue weighted by Gasteiger charge is 1.94. The van der Waals surface area contributed by atoms with E-state index < -0.39 is 0 Å². The second-order valence-corrected chi connectivity index (χ2v) is 7.05. The summed E-state index contributed by atoms with van der Waals surface area (Å²) < 4.78 is 0. The van der Waals surface area contributed by atoms with Crippen LogP contribution in [0.2, 0.25) is 0 Å². The summed E-state index contributed by atoms with van der Waals surface area (Å²) in [6, 6.07) is 0. The number of rotatable bonds is 19. The highest BCUT2D eigenvalue weighted by Crippen LogP contribution is 2.12. The van der Waals surface area contributed by atoms with E-state index in [9.17, 15) is 0 Å². The van der Waals surface area contributed by atoms with E-state index in [2.05, 4.69) is 19.2 Å². The third-order valence-corrected chi connectivity index (χ3v) is 4.66. The first-order valence-electron chi connectivity index (χ1n) is 10.6. The Bertz CT molecular complexity index is 159. The SMILES string of the molecule is CCCCCCCCCCCCCCCCNCCCCC. The zero-order chi connectivity index (χ0) is 16.1. The van der Waals surface area contributed by atoms with Gasteiger partial charge in [0.1, 0.15) is 0 Å². The summed E-state index contributed by atoms with van der Waals surface area (Å²) in [5, 5.41) is 3.56. The van der Waals surface area contributed by atoms with E-state index in [1.165, 1.54) is 122 Å². The molecule has 0 aliphatic carbocycles. The molecule has 0 aromatic rings. The minimum atomic E-state index is 1.23. The highest BCUT2D eigenvalue weighted by molar-refractivity contribution is 4.51. The van der Waals surface area contributed by atoms with Gasteiger partial charge >= 0.3 is 0 Å². The van der Waals surface area contributed by atoms with Crippen molar-refractivity contribution in [3.8, 4) is 0 Å². The molecule has 0 heterocycles. The van der Waals surface area contributed by atoms with Gasteiger partial charge in [-0.25, -0.2) is 0 Å². The van der Waals surface area contributed by atoms with Gasteiger partial charge in [-0.3, -0.25) is 0 Å². The fourth-order valence-corrected chi connectivity index (χ4v) is 3.07. The molecule has 0 amide bonds. The lowest BCUT2D eigenvalue weighted by Gasteiger charge is -2.05. The molecule has 0 aliphatic heterocycles. The molecule has 0 aliphatic rings. The molecular weight excluding hydrogens is 266 g/mol. The van der Waals surface area contributed by atoms with Crippen molar-refractivity contribution in [2.75, 3.05) is 13.1 Å². The summed E-state index contributed by atoms with van der Waals surface area (Å²) >= 11 is 0. The van der Waals surface area contributed by atoms with Crippen molar-refractivity contribution in [3.63, 3.8) is 0 Å². The van der Waals surface area contributed by atoms with E-state index in [1.54, 1.807) is 0 Å². The molecule has 0 saturated carbocycles. The van der Waals surface area contributed by atoms with E-state index >= 15 is 0 Å². The van der Waals surface area contributed by atoms with Gasteiger partial charge in [-0.1, -0.05) is 110 Å². The molecule has 1 nitrogen and oxygen atoms in total. The molecule has 0 saturated heterocycles. The lowest BCUT2D eigenvalue weighted by molar-refractivity contribution is 0.527. The molecule has 22 heavy (non-hydrogen) atoms. The molecule has 0 rings (SSSR count). The van der Waals surface area contributed by atoms with Crippen LogP contribution >= 0.6 is 0 Å². The fraction of sp³-hybridized carbons (Fsp3) is 1.00. The Kier molecular flexibility index (Phi) is 20.9. The lowest BCUT2D eigenvalue weighted by Crippen LogP contribution is -2.16. The molecule has 0 aromatic heterocycles. The van der Waals surface area contributed by atoms with Crippen LogP contribution in [0.4, 0.5) is 0 Å². The number of hydrogen-bond donors (Lipinski definition) is 1. The Morgan fingerprint density at radius 2 is 0.636 bits per heavy atom. The Morgan fingerprint density at radius 3 is 1.05 bits per heavy atom. The van der Waals surface area contributed by atoms with Gasteiger partial charge in [0.15, 0.2) is 0 Å². The Hall–Kier alpha value is -0.0400. The highest BCUT2D eigenvalue weighted by atomic mass is 14.8. The third-order valence-electron chi connectivity index (χ3n) is 4.66. The van der Waals surface area contributed by atoms with E-state index in [4.69, 9.17) is 0 Å². The maximum Gasteiger partial charge on any atom is -0.00489 e. The summed E-state index contributed by atoms with van der Waals surface area (Å²) in [6.07, 6.45) is 24.4. The summed E-state index contributed by atoms with van der Waals surface area (Å²) in [5.41, 5.74) is 0. The van der Waals surface area contributed by atoms with Gasteiger partial charge in [0.25, 0.3) is 0 Å². The zero-order valence-corrected chi connectivity index (χ0v) is 15.9. The van der Waals surface area contributed by atoms with Gasteiger partial charge < -0.3 is 5.32 Å². The number of unbranched alkanes of at least 4 members (excludes halogenated alkanes) is 15. The number of nitrogens with one attached hydrogen (secondary N) is 1. The third kappa shape index (κ3) is 20.0. The first-order chi connectivity index (χ1) is 10.9. The fourth-order valence-electron chi connectivity index (χ4n) is 3.07. The quantitative estimate of drug-likeness (QED) is 0.248. The van der Waals surface area contributed by atoms with E-state index in [0.29, 0.717) is 0 Å². The van der Waals surface area contributed by atoms with Crippen LogP contribution in [0.25, 0.3) is 0 Å². The van der Waals surface area contributed by atoms with Crippen LogP contribution in [-0.2, 0) is 0 Å². The van der Waals surface area contributed by atoms with Gasteiger partial charge in [-0.15, -0.1) is 0 Å². The van der Waals surface area contributed by atoms with Crippen molar-refractivity contribution in [1.29, 1.82) is 0 Å². The van der Waals surface area contributed by atoms with Crippen molar-refractivity contribution in [2.45, 2.75) is 123 Å². The van der Waals surface area contributed by atoms with Crippen molar-refractivity contribution >= 4 is 0 Å². The summed E-state index contributed by atoms with van der Waals surface area (Å²) in [5.74, 6) is 0. The molecule has 0 spiro atoms. The first kappa shape index (κ1) is 22.0. The first-order valence-corrected chi connectivity index (χ1v) is 10.6. The summed E-state index contributed by atoms with van der Waals surface area (Å²) in [4.78, 5) is 0. The van der Waals surface area contributed by atoms with Crippen LogP contribution in [0.3, 0.4) is 0 Å². The summed E-state index contributed by atoms with van der Waals surface area (Å²) in [7, 11) is 0. The molecule has 0 bridgehead atoms. The molecule has 1 N–H and O–H groups in total. The molecule has 134 valence electrons. The molecule has 0 atom stereocenters. The second kappa shape index (κ2) is 21.0. The Morgan fingerprint density at radius 1 is 0.364 bits per heavy atom. The molecule has 0 unspecified atom stereocenters. The average Bonchev–Trinajstić information content (AvgIpc) is 2.54. The second-order valence-electron chi connectivity index (χ2n) is 7.05. The van der Waals surface area contributed by atoms with Gasteiger partial charge in [0, 0.05) is 0 Å². The smallest absolute Gasteiger partial charge is 0.00489 e. The van der Waals surface area contributed by atoms with E-state index in [-0.39, 0.29) is 0 Å². The number of hydrogen-bond acceptors (Lipinski definition) is 1. The van der Waals surface area contributed by atoms with Crippen LogP contribution in [-0.4, -0.2) is 13.1 Å². The average molecular weight is 312 g/mol. The standard InChI is InChI=1S/C21H45N/c1-3-5-7-8-9-10-11-12-13-14-15-16-17-19-21-22-20-18-6-4-2/h22H,3-21H2,1-2H3. The normalized spacial score (nSPS) is 11.2. The van der Waals surface area contributed by atoms with E-state index in [0.717, 1.165) is 0 Å². The van der Waals surface area contributed by atoms with Crippen molar-refractivity contribution in [2.24, 2.45) is 0 Å². The van der Waals surface area contributed by atoms with Crippen molar-refractivity contribution in [3.05, 3.63) is 0 Å². The monoisotopic (exact) mass is 311 g/mol. The maximum absolute atomic E-state index is 3.56. The van der Waals surface area contributed by atoms with E-state index in [1.807, 2.05) is 0 Å². The Balaban J connectivity index is 2.91. The molecule has 0 aromatic carbocycles. The van der Waals surface area contributed by atoms with Crippen LogP contribution in [0, 0.1) is 0 Å². The van der Waals surface area contributed by atoms with Crippen LogP contribution in [0.1, 0.15) is 123 Å². The topological polar surface area (TPSA) is 12.0 Å². The largest absolute Gasteiger partial charge is 0.317 e. The predicted octanol–water partition coefficient (Wildman–Crippen LogP) is 7.25. The van der Waals surface area contributed by atoms with Gasteiger partial charge in [0.2, 0.25) is 0 Å². The van der Waals surface area contributed by atoms with Crippen molar-refractivity contribution < 1.29 is 0 Å². The van der Waals surface area contributed by atoms with Crippen LogP contribution < -0.4 is 5.32 Å². The van der Waals surface area contributed by atoms with Crippen LogP contribution in [0.5, 0.6) is 0 Å². The van der Waals surface area contributed by atoms with Crippen LogP contribution in [0.15, 0.2) is 0 Å². The molecule has 0 radical (unpaired) electrons. The summed E-state index contributed by atoms with van der Waals surface area (Å²) in [6.45, 7) is 7.03. The maximum atomic E-state index is 3.56. The molecule has 0 fully saturated rings. The lowest BCUT2D eigenvalue weighted by atomic mass is 10.0. The minimum Gasteiger partial charge on any atom is -0.317 e.